The molecule has 0 atom stereocenters. The zero-order chi connectivity index (χ0) is 14.9. The molecule has 2 aromatic rings. The van der Waals surface area contributed by atoms with Crippen molar-refractivity contribution in [1.29, 1.82) is 0 Å². The fraction of sp³-hybridized carbons (Fsp3) is 0.385. The molecule has 0 aliphatic rings. The van der Waals surface area contributed by atoms with Crippen molar-refractivity contribution in [2.24, 2.45) is 5.73 Å². The number of rotatable bonds is 4. The molecule has 106 valence electrons. The van der Waals surface area contributed by atoms with E-state index in [0.717, 1.165) is 5.56 Å². The van der Waals surface area contributed by atoms with Crippen LogP contribution in [0.25, 0.3) is 11.4 Å². The molecule has 1 aromatic heterocycles. The molecule has 2 N–H and O–H groups in total. The van der Waals surface area contributed by atoms with Crippen molar-refractivity contribution in [3.05, 3.63) is 39.8 Å². The van der Waals surface area contributed by atoms with E-state index in [1.165, 1.54) is 12.1 Å². The third kappa shape index (κ3) is 3.18. The molecule has 0 saturated heterocycles. The Bertz CT molecular complexity index is 643. The predicted molar refractivity (Wildman–Crippen MR) is 73.1 cm³/mol. The molecule has 1 aromatic carbocycles. The maximum Gasteiger partial charge on any atom is 0.270 e. The van der Waals surface area contributed by atoms with Gasteiger partial charge in [0.25, 0.3) is 5.69 Å². The van der Waals surface area contributed by atoms with Crippen LogP contribution in [-0.4, -0.2) is 20.6 Å². The molecule has 7 heteroatoms. The van der Waals surface area contributed by atoms with E-state index in [1.807, 2.05) is 20.8 Å². The Morgan fingerprint density at radius 2 is 2.15 bits per heavy atom. The number of benzene rings is 1. The van der Waals surface area contributed by atoms with Crippen molar-refractivity contribution in [3.63, 3.8) is 0 Å². The highest BCUT2D eigenvalue weighted by Gasteiger charge is 2.19. The van der Waals surface area contributed by atoms with Crippen molar-refractivity contribution in [2.45, 2.75) is 32.7 Å². The summed E-state index contributed by atoms with van der Waals surface area (Å²) in [7, 11) is 0. The van der Waals surface area contributed by atoms with E-state index in [4.69, 9.17) is 10.3 Å². The molecule has 1 heterocycles. The SMILES string of the molecule is Cc1ccc([N+](=O)[O-])cc1-c1noc(CC(C)(C)N)n1. The lowest BCUT2D eigenvalue weighted by atomic mass is 10.0. The van der Waals surface area contributed by atoms with Crippen LogP contribution in [0.4, 0.5) is 5.69 Å². The number of nitro benzene ring substituents is 1. The van der Waals surface area contributed by atoms with Crippen molar-refractivity contribution in [3.8, 4) is 11.4 Å². The summed E-state index contributed by atoms with van der Waals surface area (Å²) in [6.07, 6.45) is 0.438. The van der Waals surface area contributed by atoms with E-state index in [9.17, 15) is 10.1 Å². The molecule has 0 spiro atoms. The summed E-state index contributed by atoms with van der Waals surface area (Å²) in [5, 5.41) is 14.7. The second-order valence-corrected chi connectivity index (χ2v) is 5.43. The quantitative estimate of drug-likeness (QED) is 0.677. The summed E-state index contributed by atoms with van der Waals surface area (Å²) in [6.45, 7) is 5.55. The number of hydrogen-bond acceptors (Lipinski definition) is 6. The highest BCUT2D eigenvalue weighted by atomic mass is 16.6. The van der Waals surface area contributed by atoms with Gasteiger partial charge < -0.3 is 10.3 Å². The Morgan fingerprint density at radius 3 is 2.75 bits per heavy atom. The van der Waals surface area contributed by atoms with E-state index in [0.29, 0.717) is 23.7 Å². The zero-order valence-electron chi connectivity index (χ0n) is 11.6. The molecule has 7 nitrogen and oxygen atoms in total. The number of nitrogens with two attached hydrogens (primary N) is 1. The van der Waals surface area contributed by atoms with Crippen molar-refractivity contribution < 1.29 is 9.45 Å². The van der Waals surface area contributed by atoms with Crippen LogP contribution in [0.5, 0.6) is 0 Å². The average molecular weight is 276 g/mol. The number of nitrogens with zero attached hydrogens (tertiary/aromatic N) is 3. The van der Waals surface area contributed by atoms with Gasteiger partial charge in [-0.05, 0) is 26.3 Å². The van der Waals surface area contributed by atoms with Crippen molar-refractivity contribution in [1.82, 2.24) is 10.1 Å². The largest absolute Gasteiger partial charge is 0.339 e. The second-order valence-electron chi connectivity index (χ2n) is 5.43. The monoisotopic (exact) mass is 276 g/mol. The number of non-ortho nitro benzene ring substituents is 1. The highest BCUT2D eigenvalue weighted by Crippen LogP contribution is 2.25. The van der Waals surface area contributed by atoms with Gasteiger partial charge in [-0.3, -0.25) is 10.1 Å². The first-order valence-electron chi connectivity index (χ1n) is 6.13. The zero-order valence-corrected chi connectivity index (χ0v) is 11.6. The summed E-state index contributed by atoms with van der Waals surface area (Å²) in [6, 6.07) is 4.55. The van der Waals surface area contributed by atoms with E-state index in [1.54, 1.807) is 6.07 Å². The molecule has 20 heavy (non-hydrogen) atoms. The van der Waals surface area contributed by atoms with E-state index < -0.39 is 10.5 Å². The fourth-order valence-electron chi connectivity index (χ4n) is 1.79. The Hall–Kier alpha value is -2.28. The van der Waals surface area contributed by atoms with E-state index in [2.05, 4.69) is 10.1 Å². The maximum absolute atomic E-state index is 10.8. The normalized spacial score (nSPS) is 11.6. The van der Waals surface area contributed by atoms with Gasteiger partial charge in [-0.1, -0.05) is 11.2 Å². The first-order chi connectivity index (χ1) is 9.26. The Labute approximate surface area is 115 Å². The predicted octanol–water partition coefficient (Wildman–Crippen LogP) is 2.23. The Morgan fingerprint density at radius 1 is 1.45 bits per heavy atom. The first kappa shape index (κ1) is 14.1. The van der Waals surface area contributed by atoms with Gasteiger partial charge in [-0.2, -0.15) is 4.98 Å². The van der Waals surface area contributed by atoms with Crippen LogP contribution < -0.4 is 5.73 Å². The molecule has 0 aliphatic carbocycles. The topological polar surface area (TPSA) is 108 Å². The highest BCUT2D eigenvalue weighted by molar-refractivity contribution is 5.63. The molecule has 0 amide bonds. The molecule has 0 radical (unpaired) electrons. The van der Waals surface area contributed by atoms with Gasteiger partial charge >= 0.3 is 0 Å². The summed E-state index contributed by atoms with van der Waals surface area (Å²) in [4.78, 5) is 14.6. The van der Waals surface area contributed by atoms with Crippen LogP contribution in [0.2, 0.25) is 0 Å². The van der Waals surface area contributed by atoms with Gasteiger partial charge in [0.1, 0.15) is 0 Å². The molecule has 0 fully saturated rings. The molecular formula is C13H16N4O3. The fourth-order valence-corrected chi connectivity index (χ4v) is 1.79. The minimum atomic E-state index is -0.457. The third-order valence-electron chi connectivity index (χ3n) is 2.75. The second kappa shape index (κ2) is 5.01. The molecule has 0 bridgehead atoms. The van der Waals surface area contributed by atoms with E-state index in [-0.39, 0.29) is 5.69 Å². The number of hydrogen-bond donors (Lipinski definition) is 1. The van der Waals surface area contributed by atoms with Crippen LogP contribution in [0.3, 0.4) is 0 Å². The van der Waals surface area contributed by atoms with Crippen LogP contribution >= 0.6 is 0 Å². The number of aryl methyl sites for hydroxylation is 1. The lowest BCUT2D eigenvalue weighted by molar-refractivity contribution is -0.384. The van der Waals surface area contributed by atoms with Gasteiger partial charge in [0.05, 0.1) is 4.92 Å². The Balaban J connectivity index is 2.37. The number of aromatic nitrogens is 2. The van der Waals surface area contributed by atoms with Crippen LogP contribution in [0, 0.1) is 17.0 Å². The maximum atomic E-state index is 10.8. The molecule has 0 aliphatic heterocycles. The van der Waals surface area contributed by atoms with Crippen molar-refractivity contribution in [2.75, 3.05) is 0 Å². The molecule has 0 saturated carbocycles. The summed E-state index contributed by atoms with van der Waals surface area (Å²) < 4.78 is 5.14. The minimum Gasteiger partial charge on any atom is -0.339 e. The van der Waals surface area contributed by atoms with Crippen LogP contribution in [0.15, 0.2) is 22.7 Å². The lowest BCUT2D eigenvalue weighted by Crippen LogP contribution is -2.34. The molecule has 0 unspecified atom stereocenters. The summed E-state index contributed by atoms with van der Waals surface area (Å²) >= 11 is 0. The first-order valence-corrected chi connectivity index (χ1v) is 6.13. The van der Waals surface area contributed by atoms with Crippen LogP contribution in [-0.2, 0) is 6.42 Å². The van der Waals surface area contributed by atoms with Gasteiger partial charge in [-0.15, -0.1) is 0 Å². The average Bonchev–Trinajstić information content (AvgIpc) is 2.75. The van der Waals surface area contributed by atoms with Gasteiger partial charge in [0, 0.05) is 29.7 Å². The lowest BCUT2D eigenvalue weighted by Gasteiger charge is -2.14. The molecule has 2 rings (SSSR count). The number of nitro groups is 1. The standard InChI is InChI=1S/C13H16N4O3/c1-8-4-5-9(17(18)19)6-10(8)12-15-11(20-16-12)7-13(2,3)14/h4-6H,7,14H2,1-3H3. The van der Waals surface area contributed by atoms with Gasteiger partial charge in [-0.25, -0.2) is 0 Å². The summed E-state index contributed by atoms with van der Waals surface area (Å²) in [5.74, 6) is 0.754. The minimum absolute atomic E-state index is 0.00361. The van der Waals surface area contributed by atoms with Gasteiger partial charge in [0.2, 0.25) is 11.7 Å². The van der Waals surface area contributed by atoms with E-state index >= 15 is 0 Å². The van der Waals surface area contributed by atoms with Crippen LogP contribution in [0.1, 0.15) is 25.3 Å². The smallest absolute Gasteiger partial charge is 0.270 e. The van der Waals surface area contributed by atoms with Crippen molar-refractivity contribution >= 4 is 5.69 Å². The summed E-state index contributed by atoms with van der Waals surface area (Å²) in [5.41, 5.74) is 6.86. The molecular weight excluding hydrogens is 260 g/mol. The van der Waals surface area contributed by atoms with Gasteiger partial charge in [0.15, 0.2) is 0 Å². The Kier molecular flexibility index (Phi) is 3.54. The third-order valence-corrected chi connectivity index (χ3v) is 2.75.